The van der Waals surface area contributed by atoms with Gasteiger partial charge in [0.1, 0.15) is 6.73 Å². The molecule has 228 valence electrons. The quantitative estimate of drug-likeness (QED) is 0.214. The number of nitrogens with one attached hydrogen (secondary N) is 2. The molecule has 0 spiro atoms. The number of rotatable bonds is 12. The van der Waals surface area contributed by atoms with E-state index in [2.05, 4.69) is 64.4 Å². The molecule has 3 N–H and O–H groups in total. The van der Waals surface area contributed by atoms with Crippen LogP contribution >= 0.6 is 0 Å². The molecule has 1 amide bonds. The number of aromatic nitrogens is 4. The maximum absolute atomic E-state index is 11.7. The molecule has 3 aromatic rings. The Kier molecular flexibility index (Phi) is 9.76. The molecule has 1 fully saturated rings. The van der Waals surface area contributed by atoms with Gasteiger partial charge in [-0.15, -0.1) is 0 Å². The summed E-state index contributed by atoms with van der Waals surface area (Å²) in [7, 11) is -1.21. The van der Waals surface area contributed by atoms with Crippen LogP contribution in [0.4, 0.5) is 11.8 Å². The normalized spacial score (nSPS) is 17.3. The number of benzene rings is 1. The van der Waals surface area contributed by atoms with Gasteiger partial charge in [0.05, 0.1) is 11.5 Å². The van der Waals surface area contributed by atoms with E-state index in [1.165, 1.54) is 11.1 Å². The molecule has 42 heavy (non-hydrogen) atoms. The van der Waals surface area contributed by atoms with Crippen LogP contribution in [0.2, 0.25) is 25.7 Å². The largest absolute Gasteiger partial charge is 0.390 e. The number of nitrogens with zero attached hydrogens (tertiary/aromatic N) is 6. The van der Waals surface area contributed by atoms with E-state index >= 15 is 0 Å². The zero-order valence-corrected chi connectivity index (χ0v) is 26.5. The molecule has 2 aliphatic heterocycles. The van der Waals surface area contributed by atoms with Crippen molar-refractivity contribution in [3.05, 3.63) is 41.6 Å². The molecule has 1 saturated heterocycles. The predicted octanol–water partition coefficient (Wildman–Crippen LogP) is 3.39. The molecule has 12 heteroatoms. The number of carbonyl (C=O) groups is 1. The topological polar surface area (TPSA) is 121 Å². The van der Waals surface area contributed by atoms with Gasteiger partial charge in [-0.2, -0.15) is 10.1 Å². The van der Waals surface area contributed by atoms with Crippen LogP contribution in [0.25, 0.3) is 11.0 Å². The monoisotopic (exact) mass is 594 g/mol. The van der Waals surface area contributed by atoms with Gasteiger partial charge in [0.25, 0.3) is 0 Å². The van der Waals surface area contributed by atoms with Crippen molar-refractivity contribution in [2.45, 2.75) is 77.3 Å². The first-order valence-corrected chi connectivity index (χ1v) is 18.9. The minimum absolute atomic E-state index is 0.121. The van der Waals surface area contributed by atoms with Crippen LogP contribution in [-0.4, -0.2) is 100 Å². The van der Waals surface area contributed by atoms with Crippen LogP contribution in [0.5, 0.6) is 0 Å². The minimum Gasteiger partial charge on any atom is -0.390 e. The lowest BCUT2D eigenvalue weighted by Crippen LogP contribution is -2.41. The number of hydrogen-bond acceptors (Lipinski definition) is 9. The minimum atomic E-state index is -1.21. The Morgan fingerprint density at radius 1 is 1.17 bits per heavy atom. The number of β-amino-alcohol motifs (C(OH)–C–C–N with tert-alkyl or cyclic N) is 1. The molecule has 0 bridgehead atoms. The third-order valence-electron chi connectivity index (χ3n) is 8.16. The number of fused-ring (bicyclic) bond motifs is 2. The van der Waals surface area contributed by atoms with E-state index in [9.17, 15) is 9.90 Å². The van der Waals surface area contributed by atoms with Crippen molar-refractivity contribution in [1.29, 1.82) is 0 Å². The zero-order chi connectivity index (χ0) is 29.7. The smallest absolute Gasteiger partial charge is 0.224 e. The van der Waals surface area contributed by atoms with E-state index in [1.54, 1.807) is 17.8 Å². The summed E-state index contributed by atoms with van der Waals surface area (Å²) in [5.74, 6) is 1.31. The summed E-state index contributed by atoms with van der Waals surface area (Å²) in [6.45, 7) is 13.8. The Balaban J connectivity index is 1.24. The van der Waals surface area contributed by atoms with Gasteiger partial charge in [-0.1, -0.05) is 43.9 Å². The predicted molar refractivity (Wildman–Crippen MR) is 168 cm³/mol. The van der Waals surface area contributed by atoms with E-state index in [0.717, 1.165) is 56.9 Å². The third-order valence-corrected chi connectivity index (χ3v) is 9.86. The first-order chi connectivity index (χ1) is 20.1. The van der Waals surface area contributed by atoms with Crippen LogP contribution in [-0.2, 0) is 29.2 Å². The van der Waals surface area contributed by atoms with Gasteiger partial charge in [0.2, 0.25) is 11.9 Å². The van der Waals surface area contributed by atoms with Gasteiger partial charge in [-0.25, -0.2) is 9.67 Å². The first-order valence-electron chi connectivity index (χ1n) is 15.2. The summed E-state index contributed by atoms with van der Waals surface area (Å²) in [5, 5.41) is 23.3. The van der Waals surface area contributed by atoms with Gasteiger partial charge in [-0.3, -0.25) is 9.69 Å². The molecule has 1 atom stereocenters. The SMILES string of the molecule is CC(=O)N1CCC(Nc2ncc3c(NCC(O)CN4CCc5ccccc5C4)nn(COCC[Si](C)(C)C)c3n2)CC1. The van der Waals surface area contributed by atoms with Gasteiger partial charge >= 0.3 is 0 Å². The molecule has 1 unspecified atom stereocenters. The summed E-state index contributed by atoms with van der Waals surface area (Å²) in [6.07, 6.45) is 3.95. The van der Waals surface area contributed by atoms with Gasteiger partial charge < -0.3 is 25.4 Å². The fourth-order valence-corrected chi connectivity index (χ4v) is 6.34. The number of aliphatic hydroxyl groups is 1. The standard InChI is InChI=1S/C30H46N8O3Si/c1-22(39)37-13-10-25(11-14-37)33-30-32-18-27-28(35-38(29(27)34-30)21-41-15-16-42(2,3)4)31-17-26(40)20-36-12-9-23-7-5-6-8-24(23)19-36/h5-8,18,25-26,40H,9-17,19-21H2,1-4H3,(H,31,35)(H,32,33,34). The Morgan fingerprint density at radius 2 is 1.93 bits per heavy atom. The fourth-order valence-electron chi connectivity index (χ4n) is 5.59. The highest BCUT2D eigenvalue weighted by Crippen LogP contribution is 2.24. The Hall–Kier alpha value is -3.06. The highest BCUT2D eigenvalue weighted by molar-refractivity contribution is 6.76. The zero-order valence-electron chi connectivity index (χ0n) is 25.5. The first kappa shape index (κ1) is 30.4. The highest BCUT2D eigenvalue weighted by atomic mass is 28.3. The van der Waals surface area contributed by atoms with Crippen LogP contribution in [0.1, 0.15) is 30.9 Å². The number of amides is 1. The summed E-state index contributed by atoms with van der Waals surface area (Å²) >= 11 is 0. The van der Waals surface area contributed by atoms with E-state index in [0.29, 0.717) is 43.8 Å². The van der Waals surface area contributed by atoms with Crippen LogP contribution < -0.4 is 10.6 Å². The van der Waals surface area contributed by atoms with Gasteiger partial charge in [0, 0.05) is 73.1 Å². The van der Waals surface area contributed by atoms with Gasteiger partial charge in [0.15, 0.2) is 11.5 Å². The van der Waals surface area contributed by atoms with Crippen molar-refractivity contribution in [2.24, 2.45) is 0 Å². The molecule has 1 aromatic carbocycles. The molecule has 11 nitrogen and oxygen atoms in total. The van der Waals surface area contributed by atoms with Crippen LogP contribution in [0, 0.1) is 0 Å². The average Bonchev–Trinajstić information content (AvgIpc) is 3.30. The van der Waals surface area contributed by atoms with E-state index in [-0.39, 0.29) is 11.9 Å². The molecule has 2 aromatic heterocycles. The summed E-state index contributed by atoms with van der Waals surface area (Å²) < 4.78 is 7.81. The fraction of sp³-hybridized carbons (Fsp3) is 0.600. The van der Waals surface area contributed by atoms with E-state index in [4.69, 9.17) is 14.8 Å². The van der Waals surface area contributed by atoms with Crippen molar-refractivity contribution in [1.82, 2.24) is 29.5 Å². The third kappa shape index (κ3) is 8.06. The van der Waals surface area contributed by atoms with Crippen molar-refractivity contribution in [2.75, 3.05) is 50.0 Å². The number of aliphatic hydroxyl groups excluding tert-OH is 1. The summed E-state index contributed by atoms with van der Waals surface area (Å²) in [6, 6.07) is 9.82. The van der Waals surface area contributed by atoms with Crippen LogP contribution in [0.15, 0.2) is 30.5 Å². The van der Waals surface area contributed by atoms with Crippen molar-refractivity contribution >= 4 is 36.8 Å². The molecule has 0 radical (unpaired) electrons. The van der Waals surface area contributed by atoms with Crippen LogP contribution in [0.3, 0.4) is 0 Å². The molecule has 4 heterocycles. The lowest BCUT2D eigenvalue weighted by atomic mass is 10.00. The second-order valence-electron chi connectivity index (χ2n) is 12.8. The van der Waals surface area contributed by atoms with E-state index < -0.39 is 14.2 Å². The number of likely N-dealkylation sites (tertiary alicyclic amines) is 1. The van der Waals surface area contributed by atoms with Gasteiger partial charge in [-0.05, 0) is 36.4 Å². The second-order valence-corrected chi connectivity index (χ2v) is 18.5. The maximum atomic E-state index is 11.7. The van der Waals surface area contributed by atoms with E-state index in [1.807, 2.05) is 4.90 Å². The van der Waals surface area contributed by atoms with Crippen molar-refractivity contribution < 1.29 is 14.6 Å². The number of hydrogen-bond donors (Lipinski definition) is 3. The number of ether oxygens (including phenoxy) is 1. The molecular formula is C30H46N8O3Si. The van der Waals surface area contributed by atoms with Crippen molar-refractivity contribution in [3.63, 3.8) is 0 Å². The number of piperidine rings is 1. The molecule has 2 aliphatic rings. The Bertz CT molecular complexity index is 1350. The Labute approximate surface area is 249 Å². The molecule has 0 saturated carbocycles. The lowest BCUT2D eigenvalue weighted by Gasteiger charge is -2.31. The summed E-state index contributed by atoms with van der Waals surface area (Å²) in [4.78, 5) is 25.3. The average molecular weight is 595 g/mol. The maximum Gasteiger partial charge on any atom is 0.224 e. The number of carbonyl (C=O) groups excluding carboxylic acids is 1. The number of anilines is 2. The molecule has 5 rings (SSSR count). The highest BCUT2D eigenvalue weighted by Gasteiger charge is 2.23. The Morgan fingerprint density at radius 3 is 2.67 bits per heavy atom. The molecular weight excluding hydrogens is 548 g/mol. The molecule has 0 aliphatic carbocycles. The lowest BCUT2D eigenvalue weighted by molar-refractivity contribution is -0.129. The van der Waals surface area contributed by atoms with Crippen molar-refractivity contribution in [3.8, 4) is 0 Å². The summed E-state index contributed by atoms with van der Waals surface area (Å²) in [5.41, 5.74) is 3.43. The second kappa shape index (κ2) is 13.5.